The zero-order chi connectivity index (χ0) is 17.0. The van der Waals surface area contributed by atoms with Crippen molar-refractivity contribution in [1.82, 2.24) is 5.32 Å². The Morgan fingerprint density at radius 3 is 2.05 bits per heavy atom. The van der Waals surface area contributed by atoms with E-state index >= 15 is 0 Å². The molecule has 124 valence electrons. The van der Waals surface area contributed by atoms with Crippen LogP contribution in [0.5, 0.6) is 5.75 Å². The van der Waals surface area contributed by atoms with E-state index in [2.05, 4.69) is 46.0 Å². The topological polar surface area (TPSA) is 38.3 Å². The van der Waals surface area contributed by atoms with Crippen LogP contribution in [-0.4, -0.2) is 18.1 Å². The fourth-order valence-electron chi connectivity index (χ4n) is 2.75. The van der Waals surface area contributed by atoms with E-state index in [1.165, 1.54) is 5.56 Å². The maximum atomic E-state index is 12.4. The maximum Gasteiger partial charge on any atom is 0.261 e. The summed E-state index contributed by atoms with van der Waals surface area (Å²) < 4.78 is 5.92. The summed E-state index contributed by atoms with van der Waals surface area (Å²) in [6.45, 7) is 16.5. The molecule has 0 saturated heterocycles. The summed E-state index contributed by atoms with van der Waals surface area (Å²) in [4.78, 5) is 12.4. The normalized spacial score (nSPS) is 12.9. The SMILES string of the molecule is Cc1cc(C)c(C)c(O[C@H](C)C(=O)NC(C(C)C)C(C)C)c1. The smallest absolute Gasteiger partial charge is 0.261 e. The van der Waals surface area contributed by atoms with Crippen molar-refractivity contribution >= 4 is 5.91 Å². The molecule has 1 amide bonds. The van der Waals surface area contributed by atoms with Crippen molar-refractivity contribution in [1.29, 1.82) is 0 Å². The van der Waals surface area contributed by atoms with Gasteiger partial charge in [0, 0.05) is 6.04 Å². The van der Waals surface area contributed by atoms with Gasteiger partial charge in [-0.15, -0.1) is 0 Å². The van der Waals surface area contributed by atoms with Crippen molar-refractivity contribution in [3.05, 3.63) is 28.8 Å². The molecule has 3 heteroatoms. The van der Waals surface area contributed by atoms with Gasteiger partial charge >= 0.3 is 0 Å². The quantitative estimate of drug-likeness (QED) is 0.856. The fraction of sp³-hybridized carbons (Fsp3) is 0.632. The lowest BCUT2D eigenvalue weighted by atomic mass is 9.93. The summed E-state index contributed by atoms with van der Waals surface area (Å²) in [5.74, 6) is 1.55. The van der Waals surface area contributed by atoms with Crippen molar-refractivity contribution in [2.24, 2.45) is 11.8 Å². The lowest BCUT2D eigenvalue weighted by Gasteiger charge is -2.28. The molecule has 1 aromatic rings. The van der Waals surface area contributed by atoms with Gasteiger partial charge in [0.15, 0.2) is 6.10 Å². The number of nitrogens with one attached hydrogen (secondary N) is 1. The Kier molecular flexibility index (Phi) is 6.46. The fourth-order valence-corrected chi connectivity index (χ4v) is 2.75. The van der Waals surface area contributed by atoms with Crippen molar-refractivity contribution in [3.63, 3.8) is 0 Å². The lowest BCUT2D eigenvalue weighted by Crippen LogP contribution is -2.47. The number of hydrogen-bond acceptors (Lipinski definition) is 2. The Bertz CT molecular complexity index is 512. The van der Waals surface area contributed by atoms with E-state index in [-0.39, 0.29) is 11.9 Å². The number of rotatable bonds is 6. The summed E-state index contributed by atoms with van der Waals surface area (Å²) in [5, 5.41) is 3.12. The van der Waals surface area contributed by atoms with Crippen LogP contribution in [0.1, 0.15) is 51.3 Å². The van der Waals surface area contributed by atoms with Gasteiger partial charge in [0.25, 0.3) is 5.91 Å². The zero-order valence-corrected chi connectivity index (χ0v) is 15.3. The Balaban J connectivity index is 2.80. The molecule has 0 spiro atoms. The molecule has 0 radical (unpaired) electrons. The van der Waals surface area contributed by atoms with Gasteiger partial charge in [0.1, 0.15) is 5.75 Å². The number of hydrogen-bond donors (Lipinski definition) is 1. The van der Waals surface area contributed by atoms with E-state index in [0.717, 1.165) is 16.9 Å². The van der Waals surface area contributed by atoms with Crippen molar-refractivity contribution in [2.75, 3.05) is 0 Å². The van der Waals surface area contributed by atoms with Crippen LogP contribution in [0.2, 0.25) is 0 Å². The molecule has 0 aliphatic heterocycles. The molecule has 1 N–H and O–H groups in total. The van der Waals surface area contributed by atoms with Gasteiger partial charge in [-0.3, -0.25) is 4.79 Å². The van der Waals surface area contributed by atoms with Crippen LogP contribution in [0.25, 0.3) is 0 Å². The second-order valence-electron chi connectivity index (χ2n) is 6.99. The summed E-state index contributed by atoms with van der Waals surface area (Å²) in [6.07, 6.45) is -0.500. The van der Waals surface area contributed by atoms with E-state index in [0.29, 0.717) is 11.8 Å². The molecule has 1 atom stereocenters. The van der Waals surface area contributed by atoms with Crippen LogP contribution in [0.15, 0.2) is 12.1 Å². The Hall–Kier alpha value is -1.51. The van der Waals surface area contributed by atoms with E-state index in [1.54, 1.807) is 0 Å². The monoisotopic (exact) mass is 305 g/mol. The summed E-state index contributed by atoms with van der Waals surface area (Å²) in [6, 6.07) is 4.29. The number of carbonyl (C=O) groups is 1. The number of carbonyl (C=O) groups excluding carboxylic acids is 1. The molecule has 0 aliphatic rings. The third-order valence-electron chi connectivity index (χ3n) is 4.18. The average molecular weight is 305 g/mol. The van der Waals surface area contributed by atoms with Gasteiger partial charge in [0.2, 0.25) is 0 Å². The van der Waals surface area contributed by atoms with E-state index in [1.807, 2.05) is 26.8 Å². The Labute approximate surface area is 135 Å². The molecule has 1 aromatic carbocycles. The van der Waals surface area contributed by atoms with Crippen LogP contribution in [0, 0.1) is 32.6 Å². The first-order chi connectivity index (χ1) is 10.1. The molecule has 3 nitrogen and oxygen atoms in total. The second-order valence-corrected chi connectivity index (χ2v) is 6.99. The average Bonchev–Trinajstić information content (AvgIpc) is 2.40. The molecule has 0 aliphatic carbocycles. The largest absolute Gasteiger partial charge is 0.481 e. The van der Waals surface area contributed by atoms with Gasteiger partial charge in [-0.1, -0.05) is 33.8 Å². The highest BCUT2D eigenvalue weighted by Gasteiger charge is 2.24. The molecule has 0 bridgehead atoms. The van der Waals surface area contributed by atoms with Crippen LogP contribution in [-0.2, 0) is 4.79 Å². The first kappa shape index (κ1) is 18.5. The molecular formula is C19H31NO2. The number of ether oxygens (including phenoxy) is 1. The van der Waals surface area contributed by atoms with Gasteiger partial charge in [-0.25, -0.2) is 0 Å². The van der Waals surface area contributed by atoms with E-state index in [9.17, 15) is 4.79 Å². The molecular weight excluding hydrogens is 274 g/mol. The Morgan fingerprint density at radius 2 is 1.55 bits per heavy atom. The van der Waals surface area contributed by atoms with Gasteiger partial charge in [0.05, 0.1) is 0 Å². The number of aryl methyl sites for hydroxylation is 2. The third-order valence-corrected chi connectivity index (χ3v) is 4.18. The predicted octanol–water partition coefficient (Wildman–Crippen LogP) is 4.18. The minimum absolute atomic E-state index is 0.0500. The highest BCUT2D eigenvalue weighted by atomic mass is 16.5. The van der Waals surface area contributed by atoms with Crippen LogP contribution in [0.3, 0.4) is 0 Å². The number of amides is 1. The van der Waals surface area contributed by atoms with Crippen molar-refractivity contribution in [3.8, 4) is 5.75 Å². The van der Waals surface area contributed by atoms with Crippen LogP contribution in [0.4, 0.5) is 0 Å². The molecule has 1 rings (SSSR count). The first-order valence-electron chi connectivity index (χ1n) is 8.18. The minimum Gasteiger partial charge on any atom is -0.481 e. The maximum absolute atomic E-state index is 12.4. The predicted molar refractivity (Wildman–Crippen MR) is 92.3 cm³/mol. The zero-order valence-electron chi connectivity index (χ0n) is 15.3. The third kappa shape index (κ3) is 4.75. The van der Waals surface area contributed by atoms with Crippen molar-refractivity contribution in [2.45, 2.75) is 67.5 Å². The van der Waals surface area contributed by atoms with E-state index in [4.69, 9.17) is 4.74 Å². The standard InChI is InChI=1S/C19H31NO2/c1-11(2)18(12(3)4)20-19(21)16(8)22-17-10-13(5)9-14(6)15(17)7/h9-12,16,18H,1-8H3,(H,20,21)/t16-/m1/s1. The number of benzene rings is 1. The van der Waals surface area contributed by atoms with Crippen LogP contribution >= 0.6 is 0 Å². The summed E-state index contributed by atoms with van der Waals surface area (Å²) in [5.41, 5.74) is 3.42. The summed E-state index contributed by atoms with van der Waals surface area (Å²) in [7, 11) is 0. The second kappa shape index (κ2) is 7.66. The van der Waals surface area contributed by atoms with Gasteiger partial charge < -0.3 is 10.1 Å². The molecule has 22 heavy (non-hydrogen) atoms. The first-order valence-corrected chi connectivity index (χ1v) is 8.18. The molecule has 0 heterocycles. The molecule has 0 aromatic heterocycles. The Morgan fingerprint density at radius 1 is 1.00 bits per heavy atom. The molecule has 0 fully saturated rings. The van der Waals surface area contributed by atoms with E-state index < -0.39 is 6.10 Å². The summed E-state index contributed by atoms with van der Waals surface area (Å²) >= 11 is 0. The lowest BCUT2D eigenvalue weighted by molar-refractivity contribution is -0.128. The highest BCUT2D eigenvalue weighted by molar-refractivity contribution is 5.81. The molecule has 0 unspecified atom stereocenters. The van der Waals surface area contributed by atoms with Gasteiger partial charge in [-0.05, 0) is 62.3 Å². The molecule has 0 saturated carbocycles. The van der Waals surface area contributed by atoms with Crippen LogP contribution < -0.4 is 10.1 Å². The van der Waals surface area contributed by atoms with Crippen molar-refractivity contribution < 1.29 is 9.53 Å². The highest BCUT2D eigenvalue weighted by Crippen LogP contribution is 2.24. The van der Waals surface area contributed by atoms with Gasteiger partial charge in [-0.2, -0.15) is 0 Å². The minimum atomic E-state index is -0.500.